The number of piperazine rings is 1. The summed E-state index contributed by atoms with van der Waals surface area (Å²) in [4.78, 5) is 32.6. The van der Waals surface area contributed by atoms with Gasteiger partial charge in [-0.3, -0.25) is 14.2 Å². The molecule has 1 aliphatic heterocycles. The summed E-state index contributed by atoms with van der Waals surface area (Å²) in [6.45, 7) is 3.80. The van der Waals surface area contributed by atoms with Crippen molar-refractivity contribution < 1.29 is 13.2 Å². The molecule has 0 unspecified atom stereocenters. The highest BCUT2D eigenvalue weighted by Crippen LogP contribution is 2.23. The molecule has 5 rings (SSSR count). The number of carbonyl (C=O) groups excluding carboxylic acids is 1. The number of benzene rings is 2. The van der Waals surface area contributed by atoms with Gasteiger partial charge in [-0.05, 0) is 55.7 Å². The van der Waals surface area contributed by atoms with Gasteiger partial charge in [0.05, 0.1) is 22.8 Å². The first-order valence-corrected chi connectivity index (χ1v) is 13.2. The molecule has 1 amide bonds. The number of aromatic nitrogens is 2. The Balaban J connectivity index is 1.48. The molecule has 1 aliphatic carbocycles. The van der Waals surface area contributed by atoms with Crippen LogP contribution in [0, 0.1) is 6.92 Å². The fraction of sp³-hybridized carbons (Fsp3) is 0.375. The molecule has 2 aliphatic rings. The number of rotatable bonds is 5. The number of nitrogens with zero attached hydrogens (tertiary/aromatic N) is 4. The lowest BCUT2D eigenvalue weighted by atomic mass is 10.1. The molecular weight excluding hydrogens is 454 g/mol. The lowest BCUT2D eigenvalue weighted by molar-refractivity contribution is 0.0951. The van der Waals surface area contributed by atoms with Gasteiger partial charge in [0.15, 0.2) is 0 Å². The van der Waals surface area contributed by atoms with E-state index in [1.165, 1.54) is 21.5 Å². The Labute approximate surface area is 198 Å². The van der Waals surface area contributed by atoms with Crippen LogP contribution in [0.5, 0.6) is 0 Å². The van der Waals surface area contributed by atoms with E-state index < -0.39 is 10.0 Å². The second kappa shape index (κ2) is 8.52. The van der Waals surface area contributed by atoms with Crippen LogP contribution in [0.25, 0.3) is 16.6 Å². The van der Waals surface area contributed by atoms with Crippen LogP contribution in [0.1, 0.15) is 28.8 Å². The van der Waals surface area contributed by atoms with Crippen LogP contribution < -0.4 is 15.8 Å². The van der Waals surface area contributed by atoms with E-state index in [-0.39, 0.29) is 17.5 Å². The summed E-state index contributed by atoms with van der Waals surface area (Å²) in [5, 5.41) is 3.45. The Bertz CT molecular complexity index is 1440. The van der Waals surface area contributed by atoms with Gasteiger partial charge in [-0.1, -0.05) is 6.07 Å². The SMILES string of the molecule is Cc1ccc(C(=O)NC2CC2)cc1-n1cnc2ccc(N3CCN(S(C)(=O)=O)CC3)cc2c1=O. The molecular formula is C24H27N5O4S. The number of nitrogens with one attached hydrogen (secondary N) is 1. The van der Waals surface area contributed by atoms with E-state index in [9.17, 15) is 18.0 Å². The fourth-order valence-corrected chi connectivity index (χ4v) is 5.09. The third kappa shape index (κ3) is 4.43. The van der Waals surface area contributed by atoms with Crippen molar-refractivity contribution >= 4 is 32.5 Å². The van der Waals surface area contributed by atoms with Crippen molar-refractivity contribution in [2.24, 2.45) is 0 Å². The number of aryl methyl sites for hydroxylation is 1. The molecule has 34 heavy (non-hydrogen) atoms. The van der Waals surface area contributed by atoms with Crippen molar-refractivity contribution in [1.82, 2.24) is 19.2 Å². The Hall–Kier alpha value is -3.24. The number of amides is 1. The summed E-state index contributed by atoms with van der Waals surface area (Å²) in [5.41, 5.74) is 3.21. The largest absolute Gasteiger partial charge is 0.369 e. The third-order valence-electron chi connectivity index (χ3n) is 6.46. The molecule has 2 fully saturated rings. The molecule has 2 heterocycles. The molecule has 0 spiro atoms. The summed E-state index contributed by atoms with van der Waals surface area (Å²) in [6, 6.07) is 11.1. The number of hydrogen-bond donors (Lipinski definition) is 1. The van der Waals surface area contributed by atoms with Crippen LogP contribution in [0.4, 0.5) is 5.69 Å². The zero-order valence-electron chi connectivity index (χ0n) is 19.2. The maximum Gasteiger partial charge on any atom is 0.265 e. The lowest BCUT2D eigenvalue weighted by Gasteiger charge is -2.34. The van der Waals surface area contributed by atoms with Crippen LogP contribution >= 0.6 is 0 Å². The van der Waals surface area contributed by atoms with E-state index in [4.69, 9.17) is 0 Å². The molecule has 1 saturated carbocycles. The van der Waals surface area contributed by atoms with E-state index in [2.05, 4.69) is 15.2 Å². The van der Waals surface area contributed by atoms with Crippen LogP contribution in [-0.2, 0) is 10.0 Å². The molecule has 0 bridgehead atoms. The van der Waals surface area contributed by atoms with Crippen LogP contribution in [0.15, 0.2) is 47.5 Å². The van der Waals surface area contributed by atoms with E-state index in [1.807, 2.05) is 31.2 Å². The Morgan fingerprint density at radius 2 is 1.79 bits per heavy atom. The number of carbonyl (C=O) groups is 1. The second-order valence-corrected chi connectivity index (χ2v) is 11.0. The average molecular weight is 482 g/mol. The predicted molar refractivity (Wildman–Crippen MR) is 131 cm³/mol. The standard InChI is InChI=1S/C24H27N5O4S/c1-16-3-4-17(23(30)26-18-5-6-18)13-22(16)29-15-25-21-8-7-19(14-20(21)24(29)31)27-9-11-28(12-10-27)34(2,32)33/h3-4,7-8,13-15,18H,5-6,9-12H2,1-2H3,(H,26,30). The van der Waals surface area contributed by atoms with Crippen molar-refractivity contribution in [2.75, 3.05) is 37.3 Å². The molecule has 0 atom stereocenters. The summed E-state index contributed by atoms with van der Waals surface area (Å²) in [7, 11) is -3.21. The maximum atomic E-state index is 13.5. The van der Waals surface area contributed by atoms with Gasteiger partial charge in [-0.2, -0.15) is 4.31 Å². The molecule has 1 N–H and O–H groups in total. The molecule has 2 aromatic carbocycles. The van der Waals surface area contributed by atoms with Gasteiger partial charge in [0.2, 0.25) is 10.0 Å². The molecule has 3 aromatic rings. The van der Waals surface area contributed by atoms with Gasteiger partial charge < -0.3 is 10.2 Å². The Kier molecular flexibility index (Phi) is 5.65. The lowest BCUT2D eigenvalue weighted by Crippen LogP contribution is -2.48. The van der Waals surface area contributed by atoms with Crippen LogP contribution in [-0.4, -0.2) is 66.7 Å². The molecule has 1 aromatic heterocycles. The minimum Gasteiger partial charge on any atom is -0.369 e. The monoisotopic (exact) mass is 481 g/mol. The van der Waals surface area contributed by atoms with Gasteiger partial charge in [0, 0.05) is 43.5 Å². The number of anilines is 1. The van der Waals surface area contributed by atoms with E-state index in [0.717, 1.165) is 24.1 Å². The average Bonchev–Trinajstić information content (AvgIpc) is 3.63. The first-order valence-electron chi connectivity index (χ1n) is 11.3. The molecule has 178 valence electrons. The van der Waals surface area contributed by atoms with Crippen LogP contribution in [0.2, 0.25) is 0 Å². The van der Waals surface area contributed by atoms with E-state index in [1.54, 1.807) is 12.1 Å². The summed E-state index contributed by atoms with van der Waals surface area (Å²) in [5.74, 6) is -0.138. The maximum absolute atomic E-state index is 13.5. The number of sulfonamides is 1. The Morgan fingerprint density at radius 1 is 1.06 bits per heavy atom. The van der Waals surface area contributed by atoms with Crippen LogP contribution in [0.3, 0.4) is 0 Å². The van der Waals surface area contributed by atoms with Crippen molar-refractivity contribution in [2.45, 2.75) is 25.8 Å². The molecule has 0 radical (unpaired) electrons. The zero-order valence-corrected chi connectivity index (χ0v) is 20.0. The molecule has 10 heteroatoms. The number of hydrogen-bond acceptors (Lipinski definition) is 6. The van der Waals surface area contributed by atoms with Gasteiger partial charge in [0.1, 0.15) is 6.33 Å². The predicted octanol–water partition coefficient (Wildman–Crippen LogP) is 1.67. The van der Waals surface area contributed by atoms with Crippen molar-refractivity contribution in [1.29, 1.82) is 0 Å². The van der Waals surface area contributed by atoms with Gasteiger partial charge in [-0.15, -0.1) is 0 Å². The highest BCUT2D eigenvalue weighted by molar-refractivity contribution is 7.88. The zero-order chi connectivity index (χ0) is 24.0. The van der Waals surface area contributed by atoms with Crippen molar-refractivity contribution in [3.63, 3.8) is 0 Å². The number of fused-ring (bicyclic) bond motifs is 1. The smallest absolute Gasteiger partial charge is 0.265 e. The van der Waals surface area contributed by atoms with E-state index >= 15 is 0 Å². The quantitative estimate of drug-likeness (QED) is 0.595. The summed E-state index contributed by atoms with van der Waals surface area (Å²) in [6.07, 6.45) is 4.73. The third-order valence-corrected chi connectivity index (χ3v) is 7.76. The Morgan fingerprint density at radius 3 is 2.47 bits per heavy atom. The van der Waals surface area contributed by atoms with Crippen molar-refractivity contribution in [3.05, 3.63) is 64.2 Å². The molecule has 9 nitrogen and oxygen atoms in total. The minimum atomic E-state index is -3.21. The van der Waals surface area contributed by atoms with Gasteiger partial charge in [0.25, 0.3) is 11.5 Å². The summed E-state index contributed by atoms with van der Waals surface area (Å²) >= 11 is 0. The van der Waals surface area contributed by atoms with E-state index in [0.29, 0.717) is 48.3 Å². The topological polar surface area (TPSA) is 105 Å². The molecule has 1 saturated heterocycles. The normalized spacial score (nSPS) is 17.2. The van der Waals surface area contributed by atoms with Crippen molar-refractivity contribution in [3.8, 4) is 5.69 Å². The van der Waals surface area contributed by atoms with Gasteiger partial charge in [-0.25, -0.2) is 13.4 Å². The first-order chi connectivity index (χ1) is 16.2. The minimum absolute atomic E-state index is 0.138. The summed E-state index contributed by atoms with van der Waals surface area (Å²) < 4.78 is 26.6. The highest BCUT2D eigenvalue weighted by Gasteiger charge is 2.25. The first kappa shape index (κ1) is 22.5. The highest BCUT2D eigenvalue weighted by atomic mass is 32.2. The van der Waals surface area contributed by atoms with Gasteiger partial charge >= 0.3 is 0 Å². The fourth-order valence-electron chi connectivity index (χ4n) is 4.26. The second-order valence-electron chi connectivity index (χ2n) is 9.02.